The number of halogens is 3. The van der Waals surface area contributed by atoms with Crippen LogP contribution in [0.15, 0.2) is 58.6 Å². The lowest BCUT2D eigenvalue weighted by atomic mass is 9.97. The van der Waals surface area contributed by atoms with Gasteiger partial charge < -0.3 is 10.1 Å². The molecule has 0 unspecified atom stereocenters. The van der Waals surface area contributed by atoms with Crippen LogP contribution < -0.4 is 10.1 Å². The van der Waals surface area contributed by atoms with Gasteiger partial charge in [-0.05, 0) is 62.9 Å². The zero-order valence-corrected chi connectivity index (χ0v) is 18.5. The van der Waals surface area contributed by atoms with Gasteiger partial charge >= 0.3 is 0 Å². The molecule has 0 bridgehead atoms. The van der Waals surface area contributed by atoms with Crippen LogP contribution in [0, 0.1) is 0 Å². The third kappa shape index (κ3) is 7.15. The predicted octanol–water partition coefficient (Wildman–Crippen LogP) is 7.08. The Labute approximate surface area is 181 Å². The van der Waals surface area contributed by atoms with Gasteiger partial charge in [0.25, 0.3) is 0 Å². The number of hydrogen-bond acceptors (Lipinski definition) is 2. The first kappa shape index (κ1) is 22.3. The minimum Gasteiger partial charge on any atom is -0.489 e. The van der Waals surface area contributed by atoms with E-state index in [4.69, 9.17) is 16.3 Å². The van der Waals surface area contributed by atoms with Crippen LogP contribution in [0.1, 0.15) is 43.2 Å². The molecule has 0 saturated carbocycles. The Balaban J connectivity index is 0.00000261. The number of rotatable bonds is 8. The zero-order chi connectivity index (χ0) is 18.2. The number of allylic oxidation sites excluding steroid dienone is 1. The fraction of sp³-hybridized carbons (Fsp3) is 0.364. The van der Waals surface area contributed by atoms with E-state index < -0.39 is 0 Å². The molecule has 0 heterocycles. The van der Waals surface area contributed by atoms with E-state index in [-0.39, 0.29) is 12.4 Å². The molecule has 1 N–H and O–H groups in total. The first-order valence-electron chi connectivity index (χ1n) is 9.25. The monoisotopic (exact) mass is 469 g/mol. The molecular weight excluding hydrogens is 445 g/mol. The van der Waals surface area contributed by atoms with Crippen molar-refractivity contribution in [2.45, 2.75) is 45.3 Å². The Hall–Kier alpha value is -1.00. The molecule has 5 heteroatoms. The van der Waals surface area contributed by atoms with Gasteiger partial charge in [-0.1, -0.05) is 57.4 Å². The van der Waals surface area contributed by atoms with Crippen molar-refractivity contribution in [2.75, 3.05) is 6.54 Å². The average molecular weight is 471 g/mol. The normalized spacial score (nSPS) is 13.6. The molecule has 2 aromatic carbocycles. The summed E-state index contributed by atoms with van der Waals surface area (Å²) in [5.74, 6) is 0.900. The second-order valence-electron chi connectivity index (χ2n) is 6.67. The van der Waals surface area contributed by atoms with E-state index in [1.807, 2.05) is 36.4 Å². The van der Waals surface area contributed by atoms with Gasteiger partial charge in [0.1, 0.15) is 12.4 Å². The van der Waals surface area contributed by atoms with Crippen LogP contribution >= 0.6 is 39.9 Å². The Morgan fingerprint density at radius 2 is 1.93 bits per heavy atom. The third-order valence-electron chi connectivity index (χ3n) is 4.69. The van der Waals surface area contributed by atoms with Gasteiger partial charge in [0.05, 0.1) is 0 Å². The molecule has 3 rings (SSSR count). The topological polar surface area (TPSA) is 21.3 Å². The summed E-state index contributed by atoms with van der Waals surface area (Å²) in [5, 5.41) is 4.30. The average Bonchev–Trinajstić information content (AvgIpc) is 2.66. The fourth-order valence-electron chi connectivity index (χ4n) is 3.20. The first-order chi connectivity index (χ1) is 12.7. The highest BCUT2D eigenvalue weighted by Crippen LogP contribution is 2.26. The van der Waals surface area contributed by atoms with Crippen LogP contribution in [0.5, 0.6) is 5.75 Å². The van der Waals surface area contributed by atoms with Gasteiger partial charge in [-0.15, -0.1) is 12.4 Å². The highest BCUT2D eigenvalue weighted by molar-refractivity contribution is 9.10. The molecule has 146 valence electrons. The minimum atomic E-state index is 0. The van der Waals surface area contributed by atoms with Crippen molar-refractivity contribution in [3.8, 4) is 5.75 Å². The summed E-state index contributed by atoms with van der Waals surface area (Å²) in [7, 11) is 0. The summed E-state index contributed by atoms with van der Waals surface area (Å²) in [6.45, 7) is 2.27. The molecule has 1 aliphatic rings. The zero-order valence-electron chi connectivity index (χ0n) is 15.3. The highest BCUT2D eigenvalue weighted by atomic mass is 79.9. The molecule has 0 aromatic heterocycles. The summed E-state index contributed by atoms with van der Waals surface area (Å²) in [6.07, 6.45) is 8.77. The maximum absolute atomic E-state index is 6.23. The SMILES string of the molecule is Cl.Clc1ccccc1COc1ccc(Br)cc1CNCCC1=CCCCC1. The first-order valence-corrected chi connectivity index (χ1v) is 10.4. The van der Waals surface area contributed by atoms with Crippen molar-refractivity contribution in [1.82, 2.24) is 5.32 Å². The fourth-order valence-corrected chi connectivity index (χ4v) is 3.80. The Kier molecular flexibility index (Phi) is 9.70. The van der Waals surface area contributed by atoms with Crippen molar-refractivity contribution in [1.29, 1.82) is 0 Å². The number of benzene rings is 2. The van der Waals surface area contributed by atoms with E-state index in [1.54, 1.807) is 5.57 Å². The van der Waals surface area contributed by atoms with E-state index >= 15 is 0 Å². The van der Waals surface area contributed by atoms with E-state index in [0.717, 1.165) is 45.9 Å². The lowest BCUT2D eigenvalue weighted by Crippen LogP contribution is -2.16. The summed E-state index contributed by atoms with van der Waals surface area (Å²) >= 11 is 9.79. The van der Waals surface area contributed by atoms with Crippen LogP contribution in [0.2, 0.25) is 5.02 Å². The van der Waals surface area contributed by atoms with E-state index in [1.165, 1.54) is 25.7 Å². The summed E-state index contributed by atoms with van der Waals surface area (Å²) in [6, 6.07) is 14.0. The van der Waals surface area contributed by atoms with Crippen LogP contribution in [-0.2, 0) is 13.2 Å². The number of nitrogens with one attached hydrogen (secondary N) is 1. The molecule has 0 aliphatic heterocycles. The molecular formula is C22H26BrCl2NO. The van der Waals surface area contributed by atoms with Gasteiger partial charge in [-0.25, -0.2) is 0 Å². The third-order valence-corrected chi connectivity index (χ3v) is 5.55. The van der Waals surface area contributed by atoms with Crippen molar-refractivity contribution in [3.63, 3.8) is 0 Å². The van der Waals surface area contributed by atoms with Gasteiger partial charge in [0, 0.05) is 27.2 Å². The highest BCUT2D eigenvalue weighted by Gasteiger charge is 2.08. The molecule has 2 aromatic rings. The predicted molar refractivity (Wildman–Crippen MR) is 120 cm³/mol. The quantitative estimate of drug-likeness (QED) is 0.328. The summed E-state index contributed by atoms with van der Waals surface area (Å²) < 4.78 is 7.11. The van der Waals surface area contributed by atoms with E-state index in [2.05, 4.69) is 33.4 Å². The van der Waals surface area contributed by atoms with Gasteiger partial charge in [-0.3, -0.25) is 0 Å². The molecule has 0 fully saturated rings. The van der Waals surface area contributed by atoms with Crippen LogP contribution in [0.4, 0.5) is 0 Å². The molecule has 27 heavy (non-hydrogen) atoms. The van der Waals surface area contributed by atoms with Crippen molar-refractivity contribution in [2.24, 2.45) is 0 Å². The van der Waals surface area contributed by atoms with Gasteiger partial charge in [-0.2, -0.15) is 0 Å². The Bertz CT molecular complexity index is 764. The molecule has 0 radical (unpaired) electrons. The lowest BCUT2D eigenvalue weighted by molar-refractivity contribution is 0.302. The number of hydrogen-bond donors (Lipinski definition) is 1. The summed E-state index contributed by atoms with van der Waals surface area (Å²) in [4.78, 5) is 0. The van der Waals surface area contributed by atoms with Gasteiger partial charge in [0.15, 0.2) is 0 Å². The molecule has 0 atom stereocenters. The minimum absolute atomic E-state index is 0. The van der Waals surface area contributed by atoms with Crippen LogP contribution in [0.3, 0.4) is 0 Å². The molecule has 2 nitrogen and oxygen atoms in total. The standard InChI is InChI=1S/C22H25BrClNO.ClH/c23-20-10-11-22(26-16-18-8-4-5-9-21(18)24)19(14-20)15-25-13-12-17-6-2-1-3-7-17;/h4-6,8-11,14,25H,1-3,7,12-13,15-16H2;1H. The molecule has 0 spiro atoms. The largest absolute Gasteiger partial charge is 0.489 e. The van der Waals surface area contributed by atoms with Crippen molar-refractivity contribution in [3.05, 3.63) is 74.7 Å². The van der Waals surface area contributed by atoms with Gasteiger partial charge in [0.2, 0.25) is 0 Å². The number of ether oxygens (including phenoxy) is 1. The maximum atomic E-state index is 6.23. The second-order valence-corrected chi connectivity index (χ2v) is 7.99. The molecule has 0 saturated heterocycles. The molecule has 1 aliphatic carbocycles. The van der Waals surface area contributed by atoms with Crippen LogP contribution in [-0.4, -0.2) is 6.54 Å². The Morgan fingerprint density at radius 3 is 2.70 bits per heavy atom. The Morgan fingerprint density at radius 1 is 1.07 bits per heavy atom. The van der Waals surface area contributed by atoms with E-state index in [0.29, 0.717) is 6.61 Å². The van der Waals surface area contributed by atoms with Crippen molar-refractivity contribution >= 4 is 39.9 Å². The lowest BCUT2D eigenvalue weighted by Gasteiger charge is -2.15. The van der Waals surface area contributed by atoms with Crippen molar-refractivity contribution < 1.29 is 4.74 Å². The maximum Gasteiger partial charge on any atom is 0.124 e. The van der Waals surface area contributed by atoms with Crippen LogP contribution in [0.25, 0.3) is 0 Å². The smallest absolute Gasteiger partial charge is 0.124 e. The molecule has 0 amide bonds. The van der Waals surface area contributed by atoms with E-state index in [9.17, 15) is 0 Å². The second kappa shape index (κ2) is 11.8. The summed E-state index contributed by atoms with van der Waals surface area (Å²) in [5.41, 5.74) is 3.76.